The second-order valence-electron chi connectivity index (χ2n) is 4.90. The van der Waals surface area contributed by atoms with Crippen LogP contribution in [0.15, 0.2) is 18.3 Å². The van der Waals surface area contributed by atoms with Gasteiger partial charge in [-0.05, 0) is 36.7 Å². The molecule has 0 unspecified atom stereocenters. The Morgan fingerprint density at radius 1 is 1.41 bits per heavy atom. The Bertz CT molecular complexity index is 563. The molecular weight excluding hydrogens is 230 g/mol. The van der Waals surface area contributed by atoms with Crippen molar-refractivity contribution in [2.45, 2.75) is 38.6 Å². The van der Waals surface area contributed by atoms with Crippen LogP contribution in [0.1, 0.15) is 32.1 Å². The van der Waals surface area contributed by atoms with Crippen LogP contribution in [0.3, 0.4) is 0 Å². The lowest BCUT2D eigenvalue weighted by Gasteiger charge is -2.09. The molecule has 0 atom stereocenters. The number of hydrogen-bond donors (Lipinski definition) is 1. The number of pyridine rings is 1. The van der Waals surface area contributed by atoms with Crippen molar-refractivity contribution in [3.63, 3.8) is 0 Å². The van der Waals surface area contributed by atoms with Gasteiger partial charge in [-0.1, -0.05) is 25.7 Å². The van der Waals surface area contributed by atoms with E-state index in [1.807, 2.05) is 18.3 Å². The molecule has 2 heterocycles. The summed E-state index contributed by atoms with van der Waals surface area (Å²) in [7, 11) is 0. The number of nitrogens with one attached hydrogen (secondary N) is 1. The van der Waals surface area contributed by atoms with E-state index in [0.29, 0.717) is 0 Å². The SMILES string of the molecule is S=c1[nH]c2cccnc2n1CCC1CCCC1. The first-order chi connectivity index (χ1) is 8.34. The van der Waals surface area contributed by atoms with E-state index >= 15 is 0 Å². The minimum Gasteiger partial charge on any atom is -0.329 e. The number of aromatic amines is 1. The topological polar surface area (TPSA) is 33.6 Å². The fraction of sp³-hybridized carbons (Fsp3) is 0.538. The molecule has 90 valence electrons. The molecule has 0 aliphatic heterocycles. The summed E-state index contributed by atoms with van der Waals surface area (Å²) in [6.07, 6.45) is 8.66. The van der Waals surface area contributed by atoms with Crippen molar-refractivity contribution in [2.24, 2.45) is 5.92 Å². The molecule has 0 aromatic carbocycles. The van der Waals surface area contributed by atoms with E-state index in [4.69, 9.17) is 12.2 Å². The fourth-order valence-corrected chi connectivity index (χ4v) is 3.09. The zero-order valence-electron chi connectivity index (χ0n) is 9.85. The largest absolute Gasteiger partial charge is 0.329 e. The monoisotopic (exact) mass is 247 g/mol. The van der Waals surface area contributed by atoms with Crippen LogP contribution in [-0.4, -0.2) is 14.5 Å². The van der Waals surface area contributed by atoms with Crippen molar-refractivity contribution in [3.8, 4) is 0 Å². The van der Waals surface area contributed by atoms with Gasteiger partial charge < -0.3 is 9.55 Å². The molecule has 1 saturated carbocycles. The second-order valence-corrected chi connectivity index (χ2v) is 5.28. The number of aromatic nitrogens is 3. The maximum atomic E-state index is 5.36. The number of imidazole rings is 1. The quantitative estimate of drug-likeness (QED) is 0.839. The van der Waals surface area contributed by atoms with Gasteiger partial charge in [0, 0.05) is 12.7 Å². The van der Waals surface area contributed by atoms with Gasteiger partial charge in [0.1, 0.15) is 0 Å². The normalized spacial score (nSPS) is 16.9. The minimum absolute atomic E-state index is 0.802. The highest BCUT2D eigenvalue weighted by Gasteiger charge is 2.15. The van der Waals surface area contributed by atoms with E-state index in [1.54, 1.807) is 0 Å². The summed E-state index contributed by atoms with van der Waals surface area (Å²) in [4.78, 5) is 7.63. The number of nitrogens with zero attached hydrogens (tertiary/aromatic N) is 2. The molecule has 0 spiro atoms. The van der Waals surface area contributed by atoms with Gasteiger partial charge in [0.25, 0.3) is 0 Å². The van der Waals surface area contributed by atoms with Gasteiger partial charge in [-0.3, -0.25) is 0 Å². The molecule has 0 saturated heterocycles. The summed E-state index contributed by atoms with van der Waals surface area (Å²) >= 11 is 5.36. The average Bonchev–Trinajstić information content (AvgIpc) is 2.93. The minimum atomic E-state index is 0.802. The Kier molecular flexibility index (Phi) is 2.97. The van der Waals surface area contributed by atoms with Crippen LogP contribution in [0, 0.1) is 10.7 Å². The smallest absolute Gasteiger partial charge is 0.179 e. The Labute approximate surface area is 106 Å². The molecule has 0 radical (unpaired) electrons. The van der Waals surface area contributed by atoms with Gasteiger partial charge in [0.05, 0.1) is 5.52 Å². The molecule has 1 aliphatic rings. The number of hydrogen-bond acceptors (Lipinski definition) is 2. The van der Waals surface area contributed by atoms with Crippen LogP contribution < -0.4 is 0 Å². The Morgan fingerprint density at radius 2 is 2.24 bits per heavy atom. The lowest BCUT2D eigenvalue weighted by molar-refractivity contribution is 0.460. The standard InChI is InChI=1S/C13H17N3S/c17-13-15-11-6-3-8-14-12(11)16(13)9-7-10-4-1-2-5-10/h3,6,8,10H,1-2,4-5,7,9H2,(H,15,17). The highest BCUT2D eigenvalue weighted by Crippen LogP contribution is 2.28. The molecule has 2 aromatic rings. The first kappa shape index (κ1) is 11.0. The van der Waals surface area contributed by atoms with Crippen molar-refractivity contribution in [3.05, 3.63) is 23.1 Å². The van der Waals surface area contributed by atoms with Crippen LogP contribution in [0.25, 0.3) is 11.2 Å². The van der Waals surface area contributed by atoms with Crippen LogP contribution in [-0.2, 0) is 6.54 Å². The summed E-state index contributed by atoms with van der Waals surface area (Å²) in [6.45, 7) is 1.00. The number of H-pyrrole nitrogens is 1. The van der Waals surface area contributed by atoms with Crippen molar-refractivity contribution < 1.29 is 0 Å². The Morgan fingerprint density at radius 3 is 3.06 bits per heavy atom. The van der Waals surface area contributed by atoms with E-state index in [-0.39, 0.29) is 0 Å². The molecule has 1 N–H and O–H groups in total. The maximum absolute atomic E-state index is 5.36. The van der Waals surface area contributed by atoms with E-state index in [9.17, 15) is 0 Å². The molecule has 0 bridgehead atoms. The van der Waals surface area contributed by atoms with Gasteiger partial charge in [0.2, 0.25) is 0 Å². The second kappa shape index (κ2) is 4.61. The molecule has 3 nitrogen and oxygen atoms in total. The van der Waals surface area contributed by atoms with E-state index in [2.05, 4.69) is 14.5 Å². The van der Waals surface area contributed by atoms with Crippen LogP contribution >= 0.6 is 12.2 Å². The number of rotatable bonds is 3. The lowest BCUT2D eigenvalue weighted by atomic mass is 10.0. The van der Waals surface area contributed by atoms with Crippen molar-refractivity contribution >= 4 is 23.4 Å². The van der Waals surface area contributed by atoms with Crippen LogP contribution in [0.2, 0.25) is 0 Å². The molecule has 1 aliphatic carbocycles. The summed E-state index contributed by atoms with van der Waals surface area (Å²) < 4.78 is 2.94. The van der Waals surface area contributed by atoms with Crippen LogP contribution in [0.5, 0.6) is 0 Å². The van der Waals surface area contributed by atoms with Crippen molar-refractivity contribution in [2.75, 3.05) is 0 Å². The van der Waals surface area contributed by atoms with E-state index in [1.165, 1.54) is 32.1 Å². The summed E-state index contributed by atoms with van der Waals surface area (Å²) in [5.74, 6) is 0.894. The van der Waals surface area contributed by atoms with Gasteiger partial charge in [-0.25, -0.2) is 4.98 Å². The zero-order valence-corrected chi connectivity index (χ0v) is 10.7. The third-order valence-corrected chi connectivity index (χ3v) is 4.09. The number of fused-ring (bicyclic) bond motifs is 1. The summed E-state index contributed by atoms with van der Waals surface area (Å²) in [6, 6.07) is 3.97. The molecule has 1 fully saturated rings. The predicted molar refractivity (Wildman–Crippen MR) is 71.5 cm³/mol. The maximum Gasteiger partial charge on any atom is 0.179 e. The highest BCUT2D eigenvalue weighted by atomic mass is 32.1. The summed E-state index contributed by atoms with van der Waals surface area (Å²) in [5, 5.41) is 0. The molecule has 3 rings (SSSR count). The van der Waals surface area contributed by atoms with E-state index < -0.39 is 0 Å². The third-order valence-electron chi connectivity index (χ3n) is 3.76. The average molecular weight is 247 g/mol. The Hall–Kier alpha value is -1.16. The van der Waals surface area contributed by atoms with Gasteiger partial charge in [-0.2, -0.15) is 0 Å². The molecule has 17 heavy (non-hydrogen) atoms. The first-order valence-electron chi connectivity index (χ1n) is 6.38. The first-order valence-corrected chi connectivity index (χ1v) is 6.79. The van der Waals surface area contributed by atoms with Gasteiger partial charge in [0.15, 0.2) is 10.4 Å². The lowest BCUT2D eigenvalue weighted by Crippen LogP contribution is -2.04. The van der Waals surface area contributed by atoms with Crippen molar-refractivity contribution in [1.29, 1.82) is 0 Å². The predicted octanol–water partition coefficient (Wildman–Crippen LogP) is 3.67. The number of aryl methyl sites for hydroxylation is 1. The zero-order chi connectivity index (χ0) is 11.7. The van der Waals surface area contributed by atoms with E-state index in [0.717, 1.165) is 28.4 Å². The van der Waals surface area contributed by atoms with Gasteiger partial charge >= 0.3 is 0 Å². The molecule has 0 amide bonds. The summed E-state index contributed by atoms with van der Waals surface area (Å²) in [5.41, 5.74) is 2.04. The Balaban J connectivity index is 1.84. The molecular formula is C13H17N3S. The van der Waals surface area contributed by atoms with Gasteiger partial charge in [-0.15, -0.1) is 0 Å². The molecule has 4 heteroatoms. The third kappa shape index (κ3) is 2.14. The molecule has 2 aromatic heterocycles. The van der Waals surface area contributed by atoms with Crippen LogP contribution in [0.4, 0.5) is 0 Å². The highest BCUT2D eigenvalue weighted by molar-refractivity contribution is 7.71. The fourth-order valence-electron chi connectivity index (χ4n) is 2.81. The van der Waals surface area contributed by atoms with Crippen molar-refractivity contribution in [1.82, 2.24) is 14.5 Å².